The first-order valence-corrected chi connectivity index (χ1v) is 10.8. The quantitative estimate of drug-likeness (QED) is 0.566. The van der Waals surface area contributed by atoms with Gasteiger partial charge in [0.2, 0.25) is 5.91 Å². The minimum absolute atomic E-state index is 0.102. The van der Waals surface area contributed by atoms with E-state index in [4.69, 9.17) is 0 Å². The van der Waals surface area contributed by atoms with Gasteiger partial charge in [0.1, 0.15) is 11.6 Å². The van der Waals surface area contributed by atoms with Gasteiger partial charge in [-0.2, -0.15) is 0 Å². The minimum Gasteiger partial charge on any atom is -0.357 e. The first kappa shape index (κ1) is 22.5. The molecule has 1 aliphatic rings. The summed E-state index contributed by atoms with van der Waals surface area (Å²) in [6.07, 6.45) is 6.87. The Hall–Kier alpha value is -3.16. The Morgan fingerprint density at radius 3 is 2.42 bits per heavy atom. The Kier molecular flexibility index (Phi) is 8.63. The summed E-state index contributed by atoms with van der Waals surface area (Å²) in [4.78, 5) is 30.7. The predicted molar refractivity (Wildman–Crippen MR) is 118 cm³/mol. The Morgan fingerprint density at radius 1 is 0.935 bits per heavy atom. The SMILES string of the molecule is O=C(Cc1cccc(F)c1)NCCNC(=O)NCc1ccc(N2CCCCCC2)nc1. The third kappa shape index (κ3) is 7.88. The van der Waals surface area contributed by atoms with Gasteiger partial charge in [-0.1, -0.05) is 31.0 Å². The van der Waals surface area contributed by atoms with Gasteiger partial charge in [0.05, 0.1) is 6.42 Å². The number of carbonyl (C=O) groups excluding carboxylic acids is 2. The fourth-order valence-corrected chi connectivity index (χ4v) is 3.53. The maximum atomic E-state index is 13.1. The number of anilines is 1. The van der Waals surface area contributed by atoms with Crippen LogP contribution in [0.1, 0.15) is 36.8 Å². The molecule has 2 aromatic rings. The van der Waals surface area contributed by atoms with E-state index in [0.29, 0.717) is 25.2 Å². The number of halogens is 1. The van der Waals surface area contributed by atoms with E-state index in [1.54, 1.807) is 18.3 Å². The van der Waals surface area contributed by atoms with Gasteiger partial charge in [0, 0.05) is 38.9 Å². The molecule has 0 atom stereocenters. The maximum Gasteiger partial charge on any atom is 0.315 e. The molecule has 7 nitrogen and oxygen atoms in total. The van der Waals surface area contributed by atoms with Gasteiger partial charge in [0.25, 0.3) is 0 Å². The second-order valence-electron chi connectivity index (χ2n) is 7.69. The topological polar surface area (TPSA) is 86.4 Å². The molecule has 166 valence electrons. The molecule has 1 saturated heterocycles. The molecule has 3 N–H and O–H groups in total. The van der Waals surface area contributed by atoms with Crippen molar-refractivity contribution in [1.29, 1.82) is 0 Å². The molecule has 0 radical (unpaired) electrons. The minimum atomic E-state index is -0.365. The number of hydrogen-bond acceptors (Lipinski definition) is 4. The average Bonchev–Trinajstić information content (AvgIpc) is 3.05. The van der Waals surface area contributed by atoms with Crippen LogP contribution < -0.4 is 20.9 Å². The largest absolute Gasteiger partial charge is 0.357 e. The van der Waals surface area contributed by atoms with Crippen molar-refractivity contribution < 1.29 is 14.0 Å². The summed E-state index contributed by atoms with van der Waals surface area (Å²) in [5, 5.41) is 8.19. The van der Waals surface area contributed by atoms with Crippen molar-refractivity contribution in [3.63, 3.8) is 0 Å². The van der Waals surface area contributed by atoms with Crippen LogP contribution in [-0.4, -0.2) is 43.1 Å². The predicted octanol–water partition coefficient (Wildman–Crippen LogP) is 2.76. The first-order chi connectivity index (χ1) is 15.1. The molecule has 2 heterocycles. The molecule has 0 bridgehead atoms. The van der Waals surface area contributed by atoms with Gasteiger partial charge >= 0.3 is 6.03 Å². The number of nitrogens with zero attached hydrogens (tertiary/aromatic N) is 2. The standard InChI is InChI=1S/C23H30FN5O2/c24-20-7-5-6-18(14-20)15-22(30)25-10-11-26-23(31)28-17-19-8-9-21(27-16-19)29-12-3-1-2-4-13-29/h5-9,14,16H,1-4,10-13,15,17H2,(H,25,30)(H2,26,28,31). The summed E-state index contributed by atoms with van der Waals surface area (Å²) in [5.74, 6) is 0.405. The van der Waals surface area contributed by atoms with Crippen LogP contribution in [-0.2, 0) is 17.8 Å². The lowest BCUT2D eigenvalue weighted by Gasteiger charge is -2.21. The Bertz CT molecular complexity index is 851. The Morgan fingerprint density at radius 2 is 1.71 bits per heavy atom. The van der Waals surface area contributed by atoms with Crippen molar-refractivity contribution in [3.8, 4) is 0 Å². The second-order valence-corrected chi connectivity index (χ2v) is 7.69. The third-order valence-electron chi connectivity index (χ3n) is 5.18. The highest BCUT2D eigenvalue weighted by atomic mass is 19.1. The van der Waals surface area contributed by atoms with Crippen molar-refractivity contribution in [3.05, 3.63) is 59.5 Å². The molecule has 3 amide bonds. The monoisotopic (exact) mass is 427 g/mol. The van der Waals surface area contributed by atoms with Crippen molar-refractivity contribution >= 4 is 17.8 Å². The van der Waals surface area contributed by atoms with Crippen LogP contribution in [0.3, 0.4) is 0 Å². The zero-order chi connectivity index (χ0) is 21.9. The van der Waals surface area contributed by atoms with Gasteiger partial charge in [-0.25, -0.2) is 14.2 Å². The molecule has 1 aliphatic heterocycles. The van der Waals surface area contributed by atoms with Crippen LogP contribution >= 0.6 is 0 Å². The molecule has 1 aromatic carbocycles. The number of rotatable bonds is 8. The van der Waals surface area contributed by atoms with Crippen LogP contribution in [0.15, 0.2) is 42.6 Å². The molecule has 0 aliphatic carbocycles. The van der Waals surface area contributed by atoms with E-state index in [1.165, 1.54) is 37.8 Å². The van der Waals surface area contributed by atoms with Gasteiger partial charge < -0.3 is 20.9 Å². The number of carbonyl (C=O) groups is 2. The highest BCUT2D eigenvalue weighted by Gasteiger charge is 2.11. The number of benzene rings is 1. The summed E-state index contributed by atoms with van der Waals surface area (Å²) in [6.45, 7) is 3.07. The lowest BCUT2D eigenvalue weighted by atomic mass is 10.1. The molecule has 0 spiro atoms. The summed E-state index contributed by atoms with van der Waals surface area (Å²) in [7, 11) is 0. The third-order valence-corrected chi connectivity index (χ3v) is 5.18. The number of pyridine rings is 1. The van der Waals surface area contributed by atoms with Crippen LogP contribution in [0.25, 0.3) is 0 Å². The fraction of sp³-hybridized carbons (Fsp3) is 0.435. The van der Waals surface area contributed by atoms with E-state index in [0.717, 1.165) is 24.5 Å². The van der Waals surface area contributed by atoms with Crippen molar-refractivity contribution in [2.75, 3.05) is 31.1 Å². The van der Waals surface area contributed by atoms with Crippen LogP contribution in [0.4, 0.5) is 15.0 Å². The van der Waals surface area contributed by atoms with E-state index < -0.39 is 0 Å². The van der Waals surface area contributed by atoms with Crippen LogP contribution in [0.5, 0.6) is 0 Å². The van der Waals surface area contributed by atoms with Crippen molar-refractivity contribution in [1.82, 2.24) is 20.9 Å². The summed E-state index contributed by atoms with van der Waals surface area (Å²) in [6, 6.07) is 9.63. The van der Waals surface area contributed by atoms with E-state index in [1.807, 2.05) is 12.1 Å². The Balaban J connectivity index is 1.30. The number of urea groups is 1. The van der Waals surface area contributed by atoms with E-state index in [9.17, 15) is 14.0 Å². The highest BCUT2D eigenvalue weighted by molar-refractivity contribution is 5.78. The zero-order valence-corrected chi connectivity index (χ0v) is 17.7. The summed E-state index contributed by atoms with van der Waals surface area (Å²) in [5.41, 5.74) is 1.54. The molecule has 1 aromatic heterocycles. The molecule has 31 heavy (non-hydrogen) atoms. The van der Waals surface area contributed by atoms with E-state index in [2.05, 4.69) is 25.8 Å². The van der Waals surface area contributed by atoms with E-state index in [-0.39, 0.29) is 24.2 Å². The lowest BCUT2D eigenvalue weighted by Crippen LogP contribution is -2.40. The first-order valence-electron chi connectivity index (χ1n) is 10.8. The summed E-state index contributed by atoms with van der Waals surface area (Å²) >= 11 is 0. The highest BCUT2D eigenvalue weighted by Crippen LogP contribution is 2.17. The fourth-order valence-electron chi connectivity index (χ4n) is 3.53. The van der Waals surface area contributed by atoms with Crippen LogP contribution in [0.2, 0.25) is 0 Å². The van der Waals surface area contributed by atoms with Crippen molar-refractivity contribution in [2.45, 2.75) is 38.6 Å². The van der Waals surface area contributed by atoms with Gasteiger partial charge in [-0.3, -0.25) is 4.79 Å². The zero-order valence-electron chi connectivity index (χ0n) is 17.7. The molecule has 3 rings (SSSR count). The lowest BCUT2D eigenvalue weighted by molar-refractivity contribution is -0.120. The number of aromatic nitrogens is 1. The van der Waals surface area contributed by atoms with Crippen molar-refractivity contribution in [2.24, 2.45) is 0 Å². The molecular formula is C23H30FN5O2. The number of amides is 3. The van der Waals surface area contributed by atoms with Crippen LogP contribution in [0, 0.1) is 5.82 Å². The normalized spacial score (nSPS) is 13.9. The maximum absolute atomic E-state index is 13.1. The second kappa shape index (κ2) is 11.9. The summed E-state index contributed by atoms with van der Waals surface area (Å²) < 4.78 is 13.1. The smallest absolute Gasteiger partial charge is 0.315 e. The molecule has 0 unspecified atom stereocenters. The Labute approximate surface area is 182 Å². The van der Waals surface area contributed by atoms with Gasteiger partial charge in [-0.15, -0.1) is 0 Å². The van der Waals surface area contributed by atoms with Gasteiger partial charge in [-0.05, 0) is 42.2 Å². The molecule has 8 heteroatoms. The molecular weight excluding hydrogens is 397 g/mol. The number of nitrogens with one attached hydrogen (secondary N) is 3. The average molecular weight is 428 g/mol. The number of hydrogen-bond donors (Lipinski definition) is 3. The van der Waals surface area contributed by atoms with E-state index >= 15 is 0 Å². The molecule has 1 fully saturated rings. The van der Waals surface area contributed by atoms with Gasteiger partial charge in [0.15, 0.2) is 0 Å². The molecule has 0 saturated carbocycles.